The molecule has 0 bridgehead atoms. The van der Waals surface area contributed by atoms with Crippen LogP contribution in [0.2, 0.25) is 0 Å². The van der Waals surface area contributed by atoms with Crippen molar-refractivity contribution >= 4 is 15.9 Å². The maximum atomic E-state index is 13.0. The van der Waals surface area contributed by atoms with E-state index in [1.807, 2.05) is 30.9 Å². The maximum absolute atomic E-state index is 13.0. The minimum absolute atomic E-state index is 0.161. The highest BCUT2D eigenvalue weighted by Gasteiger charge is 2.29. The standard InChI is InChI=1S/C25H34N2O3S/c1-5-26(6-2)31(29,30)23-14-10-21(11-15-23)12-16-25(28)27-17-7-8-24(27)22-13-9-19(3)20(4)18-22/h9-11,13-15,18,24H,5-8,12,16-17H2,1-4H3. The van der Waals surface area contributed by atoms with Gasteiger partial charge < -0.3 is 4.90 Å². The summed E-state index contributed by atoms with van der Waals surface area (Å²) in [5.41, 5.74) is 4.73. The molecule has 31 heavy (non-hydrogen) atoms. The number of nitrogens with zero attached hydrogens (tertiary/aromatic N) is 2. The molecule has 1 unspecified atom stereocenters. The lowest BCUT2D eigenvalue weighted by atomic mass is 9.99. The Hall–Kier alpha value is -2.18. The SMILES string of the molecule is CCN(CC)S(=O)(=O)c1ccc(CCC(=O)N2CCCC2c2ccc(C)c(C)c2)cc1. The summed E-state index contributed by atoms with van der Waals surface area (Å²) >= 11 is 0. The van der Waals surface area contributed by atoms with E-state index < -0.39 is 10.0 Å². The van der Waals surface area contributed by atoms with E-state index in [0.717, 1.165) is 24.9 Å². The first kappa shape index (κ1) is 23.5. The van der Waals surface area contributed by atoms with Gasteiger partial charge in [0, 0.05) is 26.1 Å². The first-order valence-corrected chi connectivity index (χ1v) is 12.7. The van der Waals surface area contributed by atoms with Crippen LogP contribution in [0.5, 0.6) is 0 Å². The molecule has 0 N–H and O–H groups in total. The average Bonchev–Trinajstić information content (AvgIpc) is 3.25. The second-order valence-corrected chi connectivity index (χ2v) is 10.3. The van der Waals surface area contributed by atoms with Crippen molar-refractivity contribution in [3.8, 4) is 0 Å². The molecule has 0 aromatic heterocycles. The largest absolute Gasteiger partial charge is 0.336 e. The number of carbonyl (C=O) groups is 1. The molecule has 1 amide bonds. The molecule has 2 aromatic rings. The third-order valence-electron chi connectivity index (χ3n) is 6.38. The molecular weight excluding hydrogens is 408 g/mol. The monoisotopic (exact) mass is 442 g/mol. The van der Waals surface area contributed by atoms with E-state index in [0.29, 0.717) is 30.8 Å². The first-order valence-electron chi connectivity index (χ1n) is 11.2. The average molecular weight is 443 g/mol. The minimum atomic E-state index is -3.45. The molecule has 1 aliphatic heterocycles. The molecule has 3 rings (SSSR count). The van der Waals surface area contributed by atoms with E-state index in [2.05, 4.69) is 32.0 Å². The van der Waals surface area contributed by atoms with Crippen LogP contribution in [0.3, 0.4) is 0 Å². The van der Waals surface area contributed by atoms with Gasteiger partial charge in [-0.25, -0.2) is 8.42 Å². The van der Waals surface area contributed by atoms with Gasteiger partial charge in [-0.1, -0.05) is 44.2 Å². The molecule has 1 saturated heterocycles. The van der Waals surface area contributed by atoms with Gasteiger partial charge in [0.2, 0.25) is 15.9 Å². The lowest BCUT2D eigenvalue weighted by molar-refractivity contribution is -0.132. The highest BCUT2D eigenvalue weighted by Crippen LogP contribution is 2.33. The Morgan fingerprint density at radius 2 is 1.71 bits per heavy atom. The van der Waals surface area contributed by atoms with Crippen molar-refractivity contribution in [1.82, 2.24) is 9.21 Å². The van der Waals surface area contributed by atoms with Crippen LogP contribution in [-0.2, 0) is 21.2 Å². The fraction of sp³-hybridized carbons (Fsp3) is 0.480. The molecule has 168 valence electrons. The van der Waals surface area contributed by atoms with Crippen molar-refractivity contribution in [2.75, 3.05) is 19.6 Å². The van der Waals surface area contributed by atoms with Crippen LogP contribution in [-0.4, -0.2) is 43.2 Å². The molecule has 5 nitrogen and oxygen atoms in total. The lowest BCUT2D eigenvalue weighted by Gasteiger charge is -2.26. The summed E-state index contributed by atoms with van der Waals surface area (Å²) in [6.07, 6.45) is 3.08. The Bertz CT molecular complexity index is 1010. The van der Waals surface area contributed by atoms with E-state index >= 15 is 0 Å². The third kappa shape index (κ3) is 5.18. The van der Waals surface area contributed by atoms with Crippen LogP contribution in [0.4, 0.5) is 0 Å². The molecule has 1 fully saturated rings. The molecular formula is C25H34N2O3S. The van der Waals surface area contributed by atoms with Gasteiger partial charge in [0.25, 0.3) is 0 Å². The van der Waals surface area contributed by atoms with Crippen LogP contribution < -0.4 is 0 Å². The number of hydrogen-bond donors (Lipinski definition) is 0. The first-order chi connectivity index (χ1) is 14.8. The number of rotatable bonds is 8. The van der Waals surface area contributed by atoms with Gasteiger partial charge in [-0.2, -0.15) is 4.31 Å². The lowest BCUT2D eigenvalue weighted by Crippen LogP contribution is -2.31. The Kier molecular flexibility index (Phi) is 7.55. The second-order valence-electron chi connectivity index (χ2n) is 8.32. The van der Waals surface area contributed by atoms with Crippen molar-refractivity contribution in [2.24, 2.45) is 0 Å². The van der Waals surface area contributed by atoms with E-state index in [4.69, 9.17) is 0 Å². The Morgan fingerprint density at radius 1 is 1.03 bits per heavy atom. The molecule has 1 aliphatic rings. The number of benzene rings is 2. The zero-order valence-electron chi connectivity index (χ0n) is 19.1. The number of hydrogen-bond acceptors (Lipinski definition) is 3. The summed E-state index contributed by atoms with van der Waals surface area (Å²) in [5.74, 6) is 0.167. The van der Waals surface area contributed by atoms with Gasteiger partial charge >= 0.3 is 0 Å². The van der Waals surface area contributed by atoms with Gasteiger partial charge in [0.1, 0.15) is 0 Å². The van der Waals surface area contributed by atoms with Crippen LogP contribution in [0.15, 0.2) is 47.4 Å². The third-order valence-corrected chi connectivity index (χ3v) is 8.45. The summed E-state index contributed by atoms with van der Waals surface area (Å²) in [5, 5.41) is 0. The molecule has 0 aliphatic carbocycles. The molecule has 6 heteroatoms. The normalized spacial score (nSPS) is 16.8. The highest BCUT2D eigenvalue weighted by molar-refractivity contribution is 7.89. The topological polar surface area (TPSA) is 57.7 Å². The summed E-state index contributed by atoms with van der Waals surface area (Å²) in [7, 11) is -3.45. The fourth-order valence-corrected chi connectivity index (χ4v) is 5.78. The molecule has 1 atom stereocenters. The summed E-state index contributed by atoms with van der Waals surface area (Å²) in [4.78, 5) is 15.3. The van der Waals surface area contributed by atoms with Crippen molar-refractivity contribution in [3.63, 3.8) is 0 Å². The van der Waals surface area contributed by atoms with E-state index in [1.54, 1.807) is 12.1 Å². The van der Waals surface area contributed by atoms with E-state index in [9.17, 15) is 13.2 Å². The fourth-order valence-electron chi connectivity index (χ4n) is 4.32. The zero-order chi connectivity index (χ0) is 22.6. The predicted molar refractivity (Wildman–Crippen MR) is 124 cm³/mol. The summed E-state index contributed by atoms with van der Waals surface area (Å²) < 4.78 is 26.7. The van der Waals surface area contributed by atoms with Gasteiger partial charge in [-0.05, 0) is 67.5 Å². The Labute approximate surface area is 187 Å². The van der Waals surface area contributed by atoms with Crippen LogP contribution in [0.25, 0.3) is 0 Å². The zero-order valence-corrected chi connectivity index (χ0v) is 19.9. The van der Waals surface area contributed by atoms with Crippen molar-refractivity contribution in [1.29, 1.82) is 0 Å². The van der Waals surface area contributed by atoms with E-state index in [-0.39, 0.29) is 11.9 Å². The van der Waals surface area contributed by atoms with Crippen molar-refractivity contribution in [2.45, 2.75) is 64.3 Å². The van der Waals surface area contributed by atoms with Gasteiger partial charge in [0.05, 0.1) is 10.9 Å². The Balaban J connectivity index is 1.64. The van der Waals surface area contributed by atoms with E-state index in [1.165, 1.54) is 21.0 Å². The van der Waals surface area contributed by atoms with Crippen LogP contribution >= 0.6 is 0 Å². The maximum Gasteiger partial charge on any atom is 0.243 e. The van der Waals surface area contributed by atoms with Crippen molar-refractivity contribution in [3.05, 3.63) is 64.7 Å². The number of aryl methyl sites for hydroxylation is 3. The Morgan fingerprint density at radius 3 is 2.32 bits per heavy atom. The minimum Gasteiger partial charge on any atom is -0.336 e. The second kappa shape index (κ2) is 9.96. The number of carbonyl (C=O) groups excluding carboxylic acids is 1. The molecule has 2 aromatic carbocycles. The summed E-state index contributed by atoms with van der Waals surface area (Å²) in [6.45, 7) is 9.60. The quantitative estimate of drug-likeness (QED) is 0.599. The van der Waals surface area contributed by atoms with Gasteiger partial charge in [-0.15, -0.1) is 0 Å². The molecule has 0 spiro atoms. The summed E-state index contributed by atoms with van der Waals surface area (Å²) in [6, 6.07) is 13.6. The molecule has 1 heterocycles. The number of sulfonamides is 1. The van der Waals surface area contributed by atoms with Gasteiger partial charge in [0.15, 0.2) is 0 Å². The van der Waals surface area contributed by atoms with Crippen LogP contribution in [0.1, 0.15) is 61.4 Å². The van der Waals surface area contributed by atoms with Gasteiger partial charge in [-0.3, -0.25) is 4.79 Å². The molecule has 0 radical (unpaired) electrons. The van der Waals surface area contributed by atoms with Crippen LogP contribution in [0, 0.1) is 13.8 Å². The number of amides is 1. The predicted octanol–water partition coefficient (Wildman–Crippen LogP) is 4.63. The molecule has 0 saturated carbocycles. The smallest absolute Gasteiger partial charge is 0.243 e. The van der Waals surface area contributed by atoms with Crippen molar-refractivity contribution < 1.29 is 13.2 Å². The number of likely N-dealkylation sites (tertiary alicyclic amines) is 1. The highest BCUT2D eigenvalue weighted by atomic mass is 32.2.